The second-order valence-corrected chi connectivity index (χ2v) is 8.68. The second-order valence-electron chi connectivity index (χ2n) is 8.68. The van der Waals surface area contributed by atoms with Gasteiger partial charge in [-0.2, -0.15) is 0 Å². The molecule has 1 unspecified atom stereocenters. The zero-order valence-corrected chi connectivity index (χ0v) is 17.5. The third-order valence-corrected chi connectivity index (χ3v) is 6.70. The molecule has 6 nitrogen and oxygen atoms in total. The topological polar surface area (TPSA) is 82.4 Å². The van der Waals surface area contributed by atoms with Crippen molar-refractivity contribution >= 4 is 22.7 Å². The summed E-state index contributed by atoms with van der Waals surface area (Å²) in [5.41, 5.74) is 8.73. The van der Waals surface area contributed by atoms with Crippen molar-refractivity contribution < 1.29 is 9.59 Å². The molecule has 2 saturated heterocycles. The van der Waals surface area contributed by atoms with Crippen LogP contribution in [0.4, 0.5) is 0 Å². The molecule has 2 amide bonds. The molecule has 2 fully saturated rings. The molecule has 2 aromatic carbocycles. The summed E-state index contributed by atoms with van der Waals surface area (Å²) in [7, 11) is 0. The molecule has 2 aliphatic heterocycles. The average Bonchev–Trinajstić information content (AvgIpc) is 3.46. The van der Waals surface area contributed by atoms with Crippen molar-refractivity contribution in [3.8, 4) is 0 Å². The van der Waals surface area contributed by atoms with Gasteiger partial charge in [-0.15, -0.1) is 0 Å². The number of fused-ring (bicyclic) bond motifs is 2. The Bertz CT molecular complexity index is 1110. The van der Waals surface area contributed by atoms with Crippen LogP contribution in [0.2, 0.25) is 0 Å². The maximum atomic E-state index is 13.1. The van der Waals surface area contributed by atoms with E-state index in [-0.39, 0.29) is 11.8 Å². The summed E-state index contributed by atoms with van der Waals surface area (Å²) < 4.78 is 0. The van der Waals surface area contributed by atoms with Crippen LogP contribution in [0.5, 0.6) is 0 Å². The molecule has 6 heteroatoms. The smallest absolute Gasteiger partial charge is 0.256 e. The van der Waals surface area contributed by atoms with E-state index in [0.29, 0.717) is 17.4 Å². The van der Waals surface area contributed by atoms with Crippen molar-refractivity contribution in [2.75, 3.05) is 32.7 Å². The molecule has 2 aliphatic rings. The van der Waals surface area contributed by atoms with E-state index in [9.17, 15) is 9.59 Å². The quantitative estimate of drug-likeness (QED) is 0.649. The number of primary amides is 1. The number of aromatic amines is 1. The van der Waals surface area contributed by atoms with Gasteiger partial charge in [-0.05, 0) is 48.9 Å². The zero-order valence-electron chi connectivity index (χ0n) is 17.5. The number of H-pyrrole nitrogens is 1. The predicted octanol–water partition coefficient (Wildman–Crippen LogP) is 2.91. The first-order valence-electron chi connectivity index (χ1n) is 10.9. The summed E-state index contributed by atoms with van der Waals surface area (Å²) in [5.74, 6) is 0.816. The van der Waals surface area contributed by atoms with E-state index in [0.717, 1.165) is 61.2 Å². The highest BCUT2D eigenvalue weighted by Crippen LogP contribution is 2.33. The minimum atomic E-state index is -0.387. The predicted molar refractivity (Wildman–Crippen MR) is 121 cm³/mol. The summed E-state index contributed by atoms with van der Waals surface area (Å²) in [6, 6.07) is 15.4. The fraction of sp³-hybridized carbons (Fsp3) is 0.320. The Hall–Kier alpha value is -3.12. The van der Waals surface area contributed by atoms with Crippen LogP contribution in [0.25, 0.3) is 10.9 Å². The van der Waals surface area contributed by atoms with Gasteiger partial charge in [-0.3, -0.25) is 9.59 Å². The van der Waals surface area contributed by atoms with E-state index in [2.05, 4.69) is 16.3 Å². The molecular formula is C25H27N4O2. The lowest BCUT2D eigenvalue weighted by Gasteiger charge is -2.21. The summed E-state index contributed by atoms with van der Waals surface area (Å²) in [6.07, 6.45) is 4.82. The third-order valence-electron chi connectivity index (χ3n) is 6.70. The first-order chi connectivity index (χ1) is 15.1. The number of rotatable bonds is 6. The van der Waals surface area contributed by atoms with Crippen molar-refractivity contribution in [1.82, 2.24) is 14.8 Å². The number of hydrogen-bond donors (Lipinski definition) is 2. The summed E-state index contributed by atoms with van der Waals surface area (Å²) in [5, 5.41) is 0.998. The molecule has 3 aromatic rings. The molecule has 3 N–H and O–H groups in total. The number of likely N-dealkylation sites (tertiary alicyclic amines) is 2. The largest absolute Gasteiger partial charge is 0.366 e. The van der Waals surface area contributed by atoms with Gasteiger partial charge >= 0.3 is 0 Å². The molecule has 0 spiro atoms. The number of nitrogens with two attached hydrogens (primary N) is 1. The molecule has 3 heterocycles. The molecule has 0 aliphatic carbocycles. The lowest BCUT2D eigenvalue weighted by atomic mass is 10.0. The van der Waals surface area contributed by atoms with Crippen LogP contribution in [-0.4, -0.2) is 59.3 Å². The lowest BCUT2D eigenvalue weighted by Crippen LogP contribution is -2.33. The fourth-order valence-corrected chi connectivity index (χ4v) is 5.16. The number of aromatic nitrogens is 1. The number of hydrogen-bond acceptors (Lipinski definition) is 3. The Morgan fingerprint density at radius 3 is 2.45 bits per heavy atom. The Balaban J connectivity index is 1.15. The van der Waals surface area contributed by atoms with Crippen molar-refractivity contribution in [3.63, 3.8) is 0 Å². The van der Waals surface area contributed by atoms with Gasteiger partial charge in [0.25, 0.3) is 5.91 Å². The number of nitrogens with zero attached hydrogens (tertiary/aromatic N) is 2. The van der Waals surface area contributed by atoms with E-state index in [1.54, 1.807) is 6.07 Å². The van der Waals surface area contributed by atoms with Crippen LogP contribution in [0, 0.1) is 18.3 Å². The highest BCUT2D eigenvalue weighted by Gasteiger charge is 2.41. The molecule has 1 radical (unpaired) electrons. The van der Waals surface area contributed by atoms with Crippen molar-refractivity contribution in [1.29, 1.82) is 0 Å². The highest BCUT2D eigenvalue weighted by molar-refractivity contribution is 6.06. The van der Waals surface area contributed by atoms with Gasteiger partial charge < -0.3 is 20.5 Å². The van der Waals surface area contributed by atoms with E-state index in [1.165, 1.54) is 0 Å². The van der Waals surface area contributed by atoms with Crippen LogP contribution in [0.1, 0.15) is 32.7 Å². The molecule has 0 bridgehead atoms. The number of nitrogens with one attached hydrogen (secondary N) is 1. The van der Waals surface area contributed by atoms with Crippen LogP contribution < -0.4 is 5.73 Å². The van der Waals surface area contributed by atoms with Gasteiger partial charge in [0.15, 0.2) is 0 Å². The van der Waals surface area contributed by atoms with E-state index in [1.807, 2.05) is 53.6 Å². The fourth-order valence-electron chi connectivity index (χ4n) is 5.16. The number of amides is 2. The van der Waals surface area contributed by atoms with Gasteiger partial charge in [-0.25, -0.2) is 0 Å². The number of carbonyl (C=O) groups excluding carboxylic acids is 2. The second kappa shape index (κ2) is 8.19. The minimum absolute atomic E-state index is 0.134. The number of carbonyl (C=O) groups is 2. The van der Waals surface area contributed by atoms with E-state index >= 15 is 0 Å². The monoisotopic (exact) mass is 415 g/mol. The van der Waals surface area contributed by atoms with Crippen molar-refractivity contribution in [2.45, 2.75) is 6.42 Å². The van der Waals surface area contributed by atoms with Crippen LogP contribution in [-0.2, 0) is 0 Å². The Kier molecular flexibility index (Phi) is 5.24. The van der Waals surface area contributed by atoms with E-state index in [4.69, 9.17) is 5.73 Å². The van der Waals surface area contributed by atoms with Crippen molar-refractivity contribution in [2.24, 2.45) is 17.6 Å². The van der Waals surface area contributed by atoms with Gasteiger partial charge in [0.2, 0.25) is 5.91 Å². The van der Waals surface area contributed by atoms with Crippen LogP contribution >= 0.6 is 0 Å². The molecule has 31 heavy (non-hydrogen) atoms. The number of para-hydroxylation sites is 1. The normalized spacial score (nSPS) is 21.0. The Morgan fingerprint density at radius 2 is 1.68 bits per heavy atom. The summed E-state index contributed by atoms with van der Waals surface area (Å²) in [6.45, 7) is 4.65. The Labute approximate surface area is 182 Å². The number of benzene rings is 2. The van der Waals surface area contributed by atoms with Crippen molar-refractivity contribution in [3.05, 3.63) is 77.8 Å². The molecule has 159 valence electrons. The van der Waals surface area contributed by atoms with Gasteiger partial charge in [0.1, 0.15) is 0 Å². The van der Waals surface area contributed by atoms with Gasteiger partial charge in [0.05, 0.1) is 5.56 Å². The first kappa shape index (κ1) is 19.8. The third kappa shape index (κ3) is 3.83. The van der Waals surface area contributed by atoms with Crippen LogP contribution in [0.15, 0.2) is 54.7 Å². The zero-order chi connectivity index (χ0) is 21.4. The van der Waals surface area contributed by atoms with E-state index < -0.39 is 0 Å². The summed E-state index contributed by atoms with van der Waals surface area (Å²) in [4.78, 5) is 32.4. The molecule has 5 rings (SSSR count). The highest BCUT2D eigenvalue weighted by atomic mass is 16.2. The molecule has 1 aromatic heterocycles. The standard InChI is InChI=1S/C25H27N4O2/c26-24(30)20-8-2-1-6-17(20)7-5-11-28-13-18-15-29(16-19(18)14-28)25(31)22-12-27-23-10-4-3-9-21(22)23/h1-4,6-10,12,18-19,27H,5,11,13-16H2,(H2,26,30)/t18-,19?/m0/s1. The Morgan fingerprint density at radius 1 is 0.968 bits per heavy atom. The molecular weight excluding hydrogens is 388 g/mol. The molecule has 0 saturated carbocycles. The van der Waals surface area contributed by atoms with Gasteiger partial charge in [-0.1, -0.05) is 36.4 Å². The summed E-state index contributed by atoms with van der Waals surface area (Å²) >= 11 is 0. The SMILES string of the molecule is NC(=O)c1ccccc1[CH]CCN1CC2CN(C(=O)c3c[nH]c4ccccc34)C[C@@H]2C1. The van der Waals surface area contributed by atoms with Crippen LogP contribution in [0.3, 0.4) is 0 Å². The maximum absolute atomic E-state index is 13.1. The average molecular weight is 416 g/mol. The first-order valence-corrected chi connectivity index (χ1v) is 10.9. The van der Waals surface area contributed by atoms with Gasteiger partial charge in [0, 0.05) is 48.8 Å². The molecule has 2 atom stereocenters. The maximum Gasteiger partial charge on any atom is 0.256 e. The lowest BCUT2D eigenvalue weighted by molar-refractivity contribution is 0.0776. The minimum Gasteiger partial charge on any atom is -0.366 e.